The number of halogens is 2. The molecule has 0 spiro atoms. The van der Waals surface area contributed by atoms with Crippen molar-refractivity contribution in [1.29, 1.82) is 0 Å². The number of carboxylic acids is 1. The molecule has 0 fully saturated rings. The largest absolute Gasteiger partial charge is 0.480 e. The quantitative estimate of drug-likeness (QED) is 0.632. The average molecular weight is 396 g/mol. The Hall–Kier alpha value is -2.08. The molecule has 2 aromatic rings. The Balaban J connectivity index is 1.79. The maximum Gasteiger partial charge on any atom is 0.321 e. The van der Waals surface area contributed by atoms with Crippen LogP contribution in [0.1, 0.15) is 17.5 Å². The van der Waals surface area contributed by atoms with Crippen molar-refractivity contribution in [1.82, 2.24) is 5.32 Å². The van der Waals surface area contributed by atoms with Gasteiger partial charge in [-0.25, -0.2) is 0 Å². The molecule has 0 bridgehead atoms. The maximum absolute atomic E-state index is 11.9. The highest BCUT2D eigenvalue weighted by molar-refractivity contribution is 6.42. The molecule has 26 heavy (non-hydrogen) atoms. The third-order valence-corrected chi connectivity index (χ3v) is 4.44. The van der Waals surface area contributed by atoms with E-state index < -0.39 is 18.0 Å². The third kappa shape index (κ3) is 6.67. The molecule has 0 saturated heterocycles. The molecular weight excluding hydrogens is 377 g/mol. The normalized spacial score (nSPS) is 11.8. The molecule has 0 aliphatic rings. The lowest BCUT2D eigenvalue weighted by atomic mass is 10.1. The Morgan fingerprint density at radius 1 is 1.04 bits per heavy atom. The average Bonchev–Trinajstić information content (AvgIpc) is 2.63. The van der Waals surface area contributed by atoms with Crippen molar-refractivity contribution < 1.29 is 19.4 Å². The van der Waals surface area contributed by atoms with Gasteiger partial charge in [-0.3, -0.25) is 9.59 Å². The number of carbonyl (C=O) groups is 2. The number of ether oxygens (including phenoxy) is 1. The molecule has 7 heteroatoms. The number of nitrogens with one attached hydrogen (secondary N) is 1. The summed E-state index contributed by atoms with van der Waals surface area (Å²) in [6, 6.07) is 13.4. The van der Waals surface area contributed by atoms with Crippen LogP contribution in [0.15, 0.2) is 48.5 Å². The van der Waals surface area contributed by atoms with Gasteiger partial charge in [0.2, 0.25) is 0 Å². The van der Waals surface area contributed by atoms with Crippen LogP contribution in [-0.2, 0) is 27.4 Å². The highest BCUT2D eigenvalue weighted by atomic mass is 35.5. The standard InChI is InChI=1S/C19H19Cl2NO4/c20-15-7-6-13(10-16(15)21)8-9-22-17(19(24)25)11-18(23)26-12-14-4-2-1-3-5-14/h1-7,10,17,22H,8-9,11-12H2,(H,24,25). The SMILES string of the molecule is O=C(CC(NCCc1ccc(Cl)c(Cl)c1)C(=O)O)OCc1ccccc1. The van der Waals surface area contributed by atoms with Gasteiger partial charge in [0.25, 0.3) is 0 Å². The first-order valence-electron chi connectivity index (χ1n) is 8.05. The van der Waals surface area contributed by atoms with Gasteiger partial charge in [0.05, 0.1) is 16.5 Å². The van der Waals surface area contributed by atoms with Gasteiger partial charge >= 0.3 is 11.9 Å². The van der Waals surface area contributed by atoms with Crippen LogP contribution >= 0.6 is 23.2 Å². The maximum atomic E-state index is 11.9. The Morgan fingerprint density at radius 3 is 2.42 bits per heavy atom. The summed E-state index contributed by atoms with van der Waals surface area (Å²) in [5.74, 6) is -1.67. The molecule has 0 aliphatic carbocycles. The van der Waals surface area contributed by atoms with Crippen LogP contribution in [-0.4, -0.2) is 29.6 Å². The molecule has 0 aliphatic heterocycles. The molecule has 0 saturated carbocycles. The second-order valence-corrected chi connectivity index (χ2v) is 6.51. The lowest BCUT2D eigenvalue weighted by Gasteiger charge is -2.14. The molecule has 0 aromatic heterocycles. The van der Waals surface area contributed by atoms with Gasteiger partial charge in [0, 0.05) is 0 Å². The van der Waals surface area contributed by atoms with Gasteiger partial charge in [-0.05, 0) is 36.2 Å². The predicted octanol–water partition coefficient (Wildman–Crippen LogP) is 3.71. The van der Waals surface area contributed by atoms with Crippen molar-refractivity contribution in [2.75, 3.05) is 6.54 Å². The molecule has 138 valence electrons. The molecule has 1 atom stereocenters. The fourth-order valence-corrected chi connectivity index (χ4v) is 2.62. The van der Waals surface area contributed by atoms with E-state index in [0.29, 0.717) is 23.0 Å². The third-order valence-electron chi connectivity index (χ3n) is 3.70. The van der Waals surface area contributed by atoms with Gasteiger partial charge in [-0.1, -0.05) is 59.6 Å². The van der Waals surface area contributed by atoms with E-state index in [-0.39, 0.29) is 13.0 Å². The number of esters is 1. The van der Waals surface area contributed by atoms with Crippen LogP contribution in [0.5, 0.6) is 0 Å². The van der Waals surface area contributed by atoms with E-state index >= 15 is 0 Å². The number of benzene rings is 2. The lowest BCUT2D eigenvalue weighted by Crippen LogP contribution is -2.39. The van der Waals surface area contributed by atoms with Crippen LogP contribution in [0.4, 0.5) is 0 Å². The second kappa shape index (κ2) is 10.2. The molecule has 0 heterocycles. The summed E-state index contributed by atoms with van der Waals surface area (Å²) >= 11 is 11.8. The summed E-state index contributed by atoms with van der Waals surface area (Å²) in [6.45, 7) is 0.496. The summed E-state index contributed by atoms with van der Waals surface area (Å²) in [6.07, 6.45) is 0.309. The Labute approximate surface area is 161 Å². The van der Waals surface area contributed by atoms with E-state index in [1.165, 1.54) is 0 Å². The minimum Gasteiger partial charge on any atom is -0.480 e. The van der Waals surface area contributed by atoms with Crippen LogP contribution in [0, 0.1) is 0 Å². The molecule has 2 rings (SSSR count). The van der Waals surface area contributed by atoms with Gasteiger partial charge in [0.15, 0.2) is 0 Å². The summed E-state index contributed by atoms with van der Waals surface area (Å²) in [4.78, 5) is 23.2. The van der Waals surface area contributed by atoms with Crippen molar-refractivity contribution >= 4 is 35.1 Å². The minimum absolute atomic E-state index is 0.120. The Bertz CT molecular complexity index is 752. The van der Waals surface area contributed by atoms with Crippen LogP contribution in [0.2, 0.25) is 10.0 Å². The number of hydrogen-bond donors (Lipinski definition) is 2. The Kier molecular flexibility index (Phi) is 7.91. The zero-order valence-corrected chi connectivity index (χ0v) is 15.5. The monoisotopic (exact) mass is 395 g/mol. The van der Waals surface area contributed by atoms with Crippen LogP contribution < -0.4 is 5.32 Å². The van der Waals surface area contributed by atoms with E-state index in [0.717, 1.165) is 11.1 Å². The van der Waals surface area contributed by atoms with Crippen LogP contribution in [0.3, 0.4) is 0 Å². The van der Waals surface area contributed by atoms with E-state index in [9.17, 15) is 14.7 Å². The second-order valence-electron chi connectivity index (χ2n) is 5.69. The Morgan fingerprint density at radius 2 is 1.77 bits per heavy atom. The highest BCUT2D eigenvalue weighted by Gasteiger charge is 2.21. The topological polar surface area (TPSA) is 75.6 Å². The fraction of sp³-hybridized carbons (Fsp3) is 0.263. The van der Waals surface area contributed by atoms with E-state index in [4.69, 9.17) is 27.9 Å². The number of rotatable bonds is 9. The summed E-state index contributed by atoms with van der Waals surface area (Å²) in [5.41, 5.74) is 1.77. The molecule has 0 radical (unpaired) electrons. The first-order chi connectivity index (χ1) is 12.5. The number of hydrogen-bond acceptors (Lipinski definition) is 4. The van der Waals surface area contributed by atoms with Gasteiger partial charge < -0.3 is 15.2 Å². The smallest absolute Gasteiger partial charge is 0.321 e. The van der Waals surface area contributed by atoms with Crippen molar-refractivity contribution in [3.8, 4) is 0 Å². The number of carboxylic acid groups (broad SMARTS) is 1. The summed E-state index contributed by atoms with van der Waals surface area (Å²) in [5, 5.41) is 13.0. The van der Waals surface area contributed by atoms with Crippen molar-refractivity contribution in [3.63, 3.8) is 0 Å². The van der Waals surface area contributed by atoms with Crippen molar-refractivity contribution in [2.24, 2.45) is 0 Å². The molecule has 1 unspecified atom stereocenters. The summed E-state index contributed by atoms with van der Waals surface area (Å²) < 4.78 is 5.13. The number of aliphatic carboxylic acids is 1. The molecular formula is C19H19Cl2NO4. The molecule has 5 nitrogen and oxygen atoms in total. The van der Waals surface area contributed by atoms with Gasteiger partial charge in [0.1, 0.15) is 12.6 Å². The minimum atomic E-state index is -1.10. The number of carbonyl (C=O) groups excluding carboxylic acids is 1. The van der Waals surface area contributed by atoms with Crippen molar-refractivity contribution in [2.45, 2.75) is 25.5 Å². The first kappa shape index (κ1) is 20.2. The van der Waals surface area contributed by atoms with Gasteiger partial charge in [-0.2, -0.15) is 0 Å². The lowest BCUT2D eigenvalue weighted by molar-refractivity contribution is -0.150. The fourth-order valence-electron chi connectivity index (χ4n) is 2.30. The van der Waals surface area contributed by atoms with Gasteiger partial charge in [-0.15, -0.1) is 0 Å². The van der Waals surface area contributed by atoms with Crippen molar-refractivity contribution in [3.05, 3.63) is 69.7 Å². The first-order valence-corrected chi connectivity index (χ1v) is 8.81. The molecule has 2 N–H and O–H groups in total. The summed E-state index contributed by atoms with van der Waals surface area (Å²) in [7, 11) is 0. The molecule has 0 amide bonds. The van der Waals surface area contributed by atoms with Crippen LogP contribution in [0.25, 0.3) is 0 Å². The molecule has 2 aromatic carbocycles. The zero-order valence-electron chi connectivity index (χ0n) is 14.0. The van der Waals surface area contributed by atoms with E-state index in [1.807, 2.05) is 36.4 Å². The highest BCUT2D eigenvalue weighted by Crippen LogP contribution is 2.22. The predicted molar refractivity (Wildman–Crippen MR) is 100 cm³/mol. The van der Waals surface area contributed by atoms with E-state index in [1.54, 1.807) is 12.1 Å². The van der Waals surface area contributed by atoms with E-state index in [2.05, 4.69) is 5.32 Å². The zero-order chi connectivity index (χ0) is 18.9.